The largest absolute Gasteiger partial charge is 0.489 e. The zero-order valence-corrected chi connectivity index (χ0v) is 17.2. The van der Waals surface area contributed by atoms with E-state index in [0.717, 1.165) is 11.1 Å². The summed E-state index contributed by atoms with van der Waals surface area (Å²) in [6.07, 6.45) is 1.54. The predicted molar refractivity (Wildman–Crippen MR) is 116 cm³/mol. The van der Waals surface area contributed by atoms with Crippen molar-refractivity contribution in [2.45, 2.75) is 6.61 Å². The molecule has 162 valence electrons. The van der Waals surface area contributed by atoms with Gasteiger partial charge < -0.3 is 18.9 Å². The molecule has 0 aromatic heterocycles. The quantitative estimate of drug-likeness (QED) is 0.349. The number of benzene rings is 3. The first-order chi connectivity index (χ1) is 15.6. The Labute approximate surface area is 184 Å². The summed E-state index contributed by atoms with van der Waals surface area (Å²) >= 11 is 0. The third kappa shape index (κ3) is 5.04. The van der Waals surface area contributed by atoms with Crippen molar-refractivity contribution in [3.8, 4) is 17.2 Å². The van der Waals surface area contributed by atoms with E-state index in [9.17, 15) is 9.59 Å². The van der Waals surface area contributed by atoms with Crippen LogP contribution in [0.1, 0.15) is 31.8 Å². The van der Waals surface area contributed by atoms with Crippen molar-refractivity contribution in [2.24, 2.45) is 5.10 Å². The van der Waals surface area contributed by atoms with E-state index in [4.69, 9.17) is 14.2 Å². The number of amides is 1. The van der Waals surface area contributed by atoms with Crippen LogP contribution in [-0.2, 0) is 11.3 Å². The van der Waals surface area contributed by atoms with Gasteiger partial charge in [-0.1, -0.05) is 12.1 Å². The molecule has 0 fully saturated rings. The van der Waals surface area contributed by atoms with Crippen LogP contribution in [0.2, 0.25) is 0 Å². The summed E-state index contributed by atoms with van der Waals surface area (Å²) in [4.78, 5) is 23.7. The van der Waals surface area contributed by atoms with E-state index in [1.54, 1.807) is 36.5 Å². The van der Waals surface area contributed by atoms with Gasteiger partial charge in [0.25, 0.3) is 5.91 Å². The average molecular weight is 432 g/mol. The Bertz CT molecular complexity index is 1140. The highest BCUT2D eigenvalue weighted by molar-refractivity contribution is 5.95. The standard InChI is InChI=1S/C24H20N2O6/c1-29-24(28)18-6-2-17(3-7-18)14-30-20-9-4-16(5-10-20)13-25-26-23(27)19-8-11-21-22(12-19)32-15-31-21/h2-13H,14-15H2,1H3,(H,26,27)/b25-13-. The number of carbonyl (C=O) groups is 2. The van der Waals surface area contributed by atoms with Gasteiger partial charge in [-0.05, 0) is 65.7 Å². The summed E-state index contributed by atoms with van der Waals surface area (Å²) < 4.78 is 20.9. The number of rotatable bonds is 7. The van der Waals surface area contributed by atoms with Crippen molar-refractivity contribution in [1.82, 2.24) is 5.43 Å². The molecule has 0 aliphatic carbocycles. The fourth-order valence-electron chi connectivity index (χ4n) is 2.94. The molecule has 1 N–H and O–H groups in total. The molecule has 0 saturated heterocycles. The van der Waals surface area contributed by atoms with E-state index < -0.39 is 0 Å². The molecule has 3 aromatic rings. The number of ether oxygens (including phenoxy) is 4. The van der Waals surface area contributed by atoms with Gasteiger partial charge in [-0.25, -0.2) is 10.2 Å². The maximum atomic E-state index is 12.2. The molecule has 32 heavy (non-hydrogen) atoms. The molecular formula is C24H20N2O6. The van der Waals surface area contributed by atoms with Crippen LogP contribution in [0.4, 0.5) is 0 Å². The van der Waals surface area contributed by atoms with Gasteiger partial charge in [0.2, 0.25) is 6.79 Å². The Hall–Kier alpha value is -4.33. The van der Waals surface area contributed by atoms with E-state index in [0.29, 0.717) is 35.0 Å². The Morgan fingerprint density at radius 2 is 1.69 bits per heavy atom. The van der Waals surface area contributed by atoms with Gasteiger partial charge in [-0.3, -0.25) is 4.79 Å². The molecule has 0 unspecified atom stereocenters. The summed E-state index contributed by atoms with van der Waals surface area (Å²) in [7, 11) is 1.35. The van der Waals surface area contributed by atoms with E-state index in [-0.39, 0.29) is 18.7 Å². The molecule has 8 nitrogen and oxygen atoms in total. The second kappa shape index (κ2) is 9.65. The first kappa shape index (κ1) is 20.9. The van der Waals surface area contributed by atoms with Crippen LogP contribution in [0.25, 0.3) is 0 Å². The Kier molecular flexibility index (Phi) is 6.31. The van der Waals surface area contributed by atoms with E-state index >= 15 is 0 Å². The number of hydrazone groups is 1. The Balaban J connectivity index is 1.27. The van der Waals surface area contributed by atoms with Crippen molar-refractivity contribution in [3.05, 3.63) is 89.0 Å². The monoisotopic (exact) mass is 432 g/mol. The highest BCUT2D eigenvalue weighted by Crippen LogP contribution is 2.32. The minimum atomic E-state index is -0.373. The summed E-state index contributed by atoms with van der Waals surface area (Å²) in [6.45, 7) is 0.514. The topological polar surface area (TPSA) is 95.5 Å². The molecule has 0 radical (unpaired) electrons. The van der Waals surface area contributed by atoms with Gasteiger partial charge >= 0.3 is 5.97 Å². The average Bonchev–Trinajstić information content (AvgIpc) is 3.31. The molecule has 0 bridgehead atoms. The molecule has 4 rings (SSSR count). The fourth-order valence-corrected chi connectivity index (χ4v) is 2.94. The van der Waals surface area contributed by atoms with Gasteiger partial charge in [-0.2, -0.15) is 5.10 Å². The maximum Gasteiger partial charge on any atom is 0.337 e. The number of hydrogen-bond acceptors (Lipinski definition) is 7. The van der Waals surface area contributed by atoms with Crippen LogP contribution in [0.5, 0.6) is 17.2 Å². The molecule has 8 heteroatoms. The molecular weight excluding hydrogens is 412 g/mol. The van der Waals surface area contributed by atoms with E-state index in [1.165, 1.54) is 7.11 Å². The number of nitrogens with one attached hydrogen (secondary N) is 1. The summed E-state index contributed by atoms with van der Waals surface area (Å²) in [5.41, 5.74) is 5.13. The first-order valence-electron chi connectivity index (χ1n) is 9.75. The van der Waals surface area contributed by atoms with Gasteiger partial charge in [0.1, 0.15) is 12.4 Å². The number of carbonyl (C=O) groups excluding carboxylic acids is 2. The van der Waals surface area contributed by atoms with E-state index in [2.05, 4.69) is 15.3 Å². The van der Waals surface area contributed by atoms with E-state index in [1.807, 2.05) is 36.4 Å². The summed E-state index contributed by atoms with van der Waals surface area (Å²) in [6, 6.07) is 19.2. The fraction of sp³-hybridized carbons (Fsp3) is 0.125. The molecule has 0 saturated carbocycles. The van der Waals surface area contributed by atoms with Gasteiger partial charge in [0.15, 0.2) is 11.5 Å². The van der Waals surface area contributed by atoms with Crippen molar-refractivity contribution >= 4 is 18.1 Å². The molecule has 0 atom stereocenters. The lowest BCUT2D eigenvalue weighted by Crippen LogP contribution is -2.17. The van der Waals surface area contributed by atoms with Crippen molar-refractivity contribution in [3.63, 3.8) is 0 Å². The molecule has 0 spiro atoms. The van der Waals surface area contributed by atoms with Crippen molar-refractivity contribution in [2.75, 3.05) is 13.9 Å². The van der Waals surface area contributed by atoms with Gasteiger partial charge in [0.05, 0.1) is 18.9 Å². The van der Waals surface area contributed by atoms with Gasteiger partial charge in [0, 0.05) is 5.56 Å². The summed E-state index contributed by atoms with van der Waals surface area (Å²) in [5.74, 6) is 1.12. The SMILES string of the molecule is COC(=O)c1ccc(COc2ccc(/C=N\NC(=O)c3ccc4c(c3)OCO4)cc2)cc1. The zero-order valence-electron chi connectivity index (χ0n) is 17.2. The second-order valence-electron chi connectivity index (χ2n) is 6.81. The number of esters is 1. The number of methoxy groups -OCH3 is 1. The summed E-state index contributed by atoms with van der Waals surface area (Å²) in [5, 5.41) is 3.99. The Morgan fingerprint density at radius 3 is 2.44 bits per heavy atom. The lowest BCUT2D eigenvalue weighted by Gasteiger charge is -2.07. The second-order valence-corrected chi connectivity index (χ2v) is 6.81. The smallest absolute Gasteiger partial charge is 0.337 e. The highest BCUT2D eigenvalue weighted by Gasteiger charge is 2.15. The van der Waals surface area contributed by atoms with Gasteiger partial charge in [-0.15, -0.1) is 0 Å². The van der Waals surface area contributed by atoms with Crippen LogP contribution in [-0.4, -0.2) is 32.0 Å². The number of hydrogen-bond donors (Lipinski definition) is 1. The minimum absolute atomic E-state index is 0.153. The predicted octanol–water partition coefficient (Wildman–Crippen LogP) is 3.54. The van der Waals surface area contributed by atoms with Crippen LogP contribution >= 0.6 is 0 Å². The lowest BCUT2D eigenvalue weighted by atomic mass is 10.1. The molecule has 1 amide bonds. The van der Waals surface area contributed by atoms with Crippen LogP contribution in [0.3, 0.4) is 0 Å². The number of fused-ring (bicyclic) bond motifs is 1. The van der Waals surface area contributed by atoms with Crippen LogP contribution < -0.4 is 19.6 Å². The minimum Gasteiger partial charge on any atom is -0.489 e. The third-order valence-electron chi connectivity index (χ3n) is 4.68. The van der Waals surface area contributed by atoms with Crippen molar-refractivity contribution < 1.29 is 28.5 Å². The zero-order chi connectivity index (χ0) is 22.3. The molecule has 1 aliphatic heterocycles. The first-order valence-corrected chi connectivity index (χ1v) is 9.75. The Morgan fingerprint density at radius 1 is 0.969 bits per heavy atom. The molecule has 1 aliphatic rings. The highest BCUT2D eigenvalue weighted by atomic mass is 16.7. The van der Waals surface area contributed by atoms with Crippen LogP contribution in [0.15, 0.2) is 71.8 Å². The van der Waals surface area contributed by atoms with Crippen LogP contribution in [0, 0.1) is 0 Å². The van der Waals surface area contributed by atoms with Crippen molar-refractivity contribution in [1.29, 1.82) is 0 Å². The maximum absolute atomic E-state index is 12.2. The normalized spacial score (nSPS) is 11.9. The molecule has 1 heterocycles. The third-order valence-corrected chi connectivity index (χ3v) is 4.68. The molecule has 3 aromatic carbocycles. The lowest BCUT2D eigenvalue weighted by molar-refractivity contribution is 0.0600. The number of nitrogens with zero attached hydrogens (tertiary/aromatic N) is 1.